The SMILES string of the molecule is Cc1c(/C=N\NC(=O)c2ccc(F)cc2)cc(C#N)n1C. The zero-order valence-electron chi connectivity index (χ0n) is 11.6. The maximum Gasteiger partial charge on any atom is 0.271 e. The van der Waals surface area contributed by atoms with Crippen molar-refractivity contribution in [1.29, 1.82) is 5.26 Å². The summed E-state index contributed by atoms with van der Waals surface area (Å²) in [4.78, 5) is 11.8. The van der Waals surface area contributed by atoms with Gasteiger partial charge in [0, 0.05) is 23.9 Å². The van der Waals surface area contributed by atoms with Crippen LogP contribution in [0.5, 0.6) is 0 Å². The van der Waals surface area contributed by atoms with Crippen LogP contribution in [-0.2, 0) is 7.05 Å². The minimum absolute atomic E-state index is 0.316. The summed E-state index contributed by atoms with van der Waals surface area (Å²) >= 11 is 0. The highest BCUT2D eigenvalue weighted by molar-refractivity contribution is 5.94. The molecule has 1 N–H and O–H groups in total. The minimum atomic E-state index is -0.430. The number of hydrazone groups is 1. The number of aromatic nitrogens is 1. The number of nitrogens with zero attached hydrogens (tertiary/aromatic N) is 3. The fourth-order valence-electron chi connectivity index (χ4n) is 1.79. The first-order chi connectivity index (χ1) is 10.0. The van der Waals surface area contributed by atoms with Gasteiger partial charge in [0.2, 0.25) is 0 Å². The molecule has 0 radical (unpaired) electrons. The van der Waals surface area contributed by atoms with Gasteiger partial charge in [0.25, 0.3) is 5.91 Å². The van der Waals surface area contributed by atoms with Crippen molar-refractivity contribution in [3.63, 3.8) is 0 Å². The Morgan fingerprint density at radius 3 is 2.67 bits per heavy atom. The highest BCUT2D eigenvalue weighted by Crippen LogP contribution is 2.10. The standard InChI is InChI=1S/C15H13FN4O/c1-10-12(7-14(8-17)20(10)2)9-18-19-15(21)11-3-5-13(16)6-4-11/h3-7,9H,1-2H3,(H,19,21)/b18-9-. The van der Waals surface area contributed by atoms with E-state index in [1.54, 1.807) is 17.7 Å². The molecule has 1 aromatic heterocycles. The lowest BCUT2D eigenvalue weighted by atomic mass is 10.2. The highest BCUT2D eigenvalue weighted by atomic mass is 19.1. The summed E-state index contributed by atoms with van der Waals surface area (Å²) in [6.45, 7) is 1.85. The summed E-state index contributed by atoms with van der Waals surface area (Å²) in [6, 6.07) is 8.92. The molecule has 2 aromatic rings. The van der Waals surface area contributed by atoms with Gasteiger partial charge in [0.1, 0.15) is 17.6 Å². The Balaban J connectivity index is 2.08. The Morgan fingerprint density at radius 2 is 2.10 bits per heavy atom. The lowest BCUT2D eigenvalue weighted by molar-refractivity contribution is 0.0955. The van der Waals surface area contributed by atoms with Crippen LogP contribution in [0.4, 0.5) is 4.39 Å². The van der Waals surface area contributed by atoms with Crippen LogP contribution in [0.3, 0.4) is 0 Å². The number of benzene rings is 1. The topological polar surface area (TPSA) is 70.2 Å². The van der Waals surface area contributed by atoms with Gasteiger partial charge in [-0.25, -0.2) is 9.82 Å². The van der Waals surface area contributed by atoms with E-state index < -0.39 is 11.7 Å². The molecular formula is C15H13FN4O. The number of carbonyl (C=O) groups excluding carboxylic acids is 1. The van der Waals surface area contributed by atoms with Crippen LogP contribution >= 0.6 is 0 Å². The van der Waals surface area contributed by atoms with E-state index >= 15 is 0 Å². The summed E-state index contributed by atoms with van der Waals surface area (Å²) < 4.78 is 14.5. The van der Waals surface area contributed by atoms with Gasteiger partial charge in [-0.05, 0) is 37.3 Å². The molecule has 2 rings (SSSR count). The van der Waals surface area contributed by atoms with E-state index in [1.165, 1.54) is 30.5 Å². The van der Waals surface area contributed by atoms with Gasteiger partial charge in [0.15, 0.2) is 0 Å². The Hall–Kier alpha value is -2.94. The molecule has 0 fully saturated rings. The largest absolute Gasteiger partial charge is 0.339 e. The summed E-state index contributed by atoms with van der Waals surface area (Å²) in [5, 5.41) is 12.8. The molecule has 1 amide bonds. The lowest BCUT2D eigenvalue weighted by Crippen LogP contribution is -2.17. The number of halogens is 1. The van der Waals surface area contributed by atoms with Crippen LogP contribution in [0.2, 0.25) is 0 Å². The van der Waals surface area contributed by atoms with Crippen molar-refractivity contribution >= 4 is 12.1 Å². The third kappa shape index (κ3) is 3.15. The van der Waals surface area contributed by atoms with Crippen molar-refractivity contribution in [2.24, 2.45) is 12.1 Å². The number of amides is 1. The van der Waals surface area contributed by atoms with Crippen molar-refractivity contribution in [3.05, 3.63) is 58.7 Å². The van der Waals surface area contributed by atoms with Crippen LogP contribution in [0.1, 0.15) is 27.3 Å². The van der Waals surface area contributed by atoms with Crippen LogP contribution in [0.25, 0.3) is 0 Å². The van der Waals surface area contributed by atoms with Crippen LogP contribution in [0, 0.1) is 24.1 Å². The van der Waals surface area contributed by atoms with Gasteiger partial charge in [-0.1, -0.05) is 0 Å². The van der Waals surface area contributed by atoms with Crippen LogP contribution < -0.4 is 5.43 Å². The van der Waals surface area contributed by atoms with Crippen molar-refractivity contribution in [2.45, 2.75) is 6.92 Å². The maximum atomic E-state index is 12.8. The van der Waals surface area contributed by atoms with E-state index in [2.05, 4.69) is 16.6 Å². The van der Waals surface area contributed by atoms with Gasteiger partial charge >= 0.3 is 0 Å². The molecule has 0 unspecified atom stereocenters. The predicted molar refractivity (Wildman–Crippen MR) is 76.3 cm³/mol. The van der Waals surface area contributed by atoms with Gasteiger partial charge in [-0.15, -0.1) is 0 Å². The maximum absolute atomic E-state index is 12.8. The smallest absolute Gasteiger partial charge is 0.271 e. The van der Waals surface area contributed by atoms with Crippen molar-refractivity contribution in [3.8, 4) is 6.07 Å². The van der Waals surface area contributed by atoms with Crippen molar-refractivity contribution < 1.29 is 9.18 Å². The second kappa shape index (κ2) is 6.01. The van der Waals surface area contributed by atoms with Gasteiger partial charge in [-0.3, -0.25) is 4.79 Å². The third-order valence-electron chi connectivity index (χ3n) is 3.17. The van der Waals surface area contributed by atoms with Crippen LogP contribution in [-0.4, -0.2) is 16.7 Å². The molecule has 5 nitrogen and oxygen atoms in total. The van der Waals surface area contributed by atoms with Crippen LogP contribution in [0.15, 0.2) is 35.4 Å². The number of carbonyl (C=O) groups is 1. The Bertz CT molecular complexity index is 738. The fraction of sp³-hybridized carbons (Fsp3) is 0.133. The van der Waals surface area contributed by atoms with Gasteiger partial charge in [-0.2, -0.15) is 10.4 Å². The summed E-state index contributed by atoms with van der Waals surface area (Å²) in [5.74, 6) is -0.834. The molecule has 0 aliphatic carbocycles. The molecule has 106 valence electrons. The molecule has 0 aliphatic rings. The highest BCUT2D eigenvalue weighted by Gasteiger charge is 2.07. The number of rotatable bonds is 3. The monoisotopic (exact) mass is 284 g/mol. The second-order valence-electron chi connectivity index (χ2n) is 4.45. The molecule has 0 atom stereocenters. The van der Waals surface area contributed by atoms with Gasteiger partial charge < -0.3 is 4.57 Å². The van der Waals surface area contributed by atoms with Crippen molar-refractivity contribution in [2.75, 3.05) is 0 Å². The molecule has 0 spiro atoms. The lowest BCUT2D eigenvalue weighted by Gasteiger charge is -2.00. The van der Waals surface area contributed by atoms with Crippen molar-refractivity contribution in [1.82, 2.24) is 9.99 Å². The summed E-state index contributed by atoms with van der Waals surface area (Å²) in [6.07, 6.45) is 1.47. The van der Waals surface area contributed by atoms with E-state index in [1.807, 2.05) is 6.92 Å². The van der Waals surface area contributed by atoms with E-state index in [4.69, 9.17) is 5.26 Å². The molecule has 21 heavy (non-hydrogen) atoms. The third-order valence-corrected chi connectivity index (χ3v) is 3.17. The van der Waals surface area contributed by atoms with E-state index in [-0.39, 0.29) is 0 Å². The van der Waals surface area contributed by atoms with E-state index in [9.17, 15) is 9.18 Å². The van der Waals surface area contributed by atoms with E-state index in [0.29, 0.717) is 11.3 Å². The first-order valence-corrected chi connectivity index (χ1v) is 6.18. The molecule has 0 bridgehead atoms. The molecule has 1 aromatic carbocycles. The molecule has 6 heteroatoms. The Morgan fingerprint density at radius 1 is 1.43 bits per heavy atom. The first-order valence-electron chi connectivity index (χ1n) is 6.18. The van der Waals surface area contributed by atoms with Gasteiger partial charge in [0.05, 0.1) is 6.21 Å². The number of nitrogens with one attached hydrogen (secondary N) is 1. The van der Waals surface area contributed by atoms with E-state index in [0.717, 1.165) is 11.3 Å². The summed E-state index contributed by atoms with van der Waals surface area (Å²) in [7, 11) is 1.78. The Kier molecular flexibility index (Phi) is 4.14. The number of hydrogen-bond acceptors (Lipinski definition) is 3. The molecule has 0 saturated heterocycles. The first kappa shape index (κ1) is 14.5. The average Bonchev–Trinajstić information content (AvgIpc) is 2.75. The average molecular weight is 284 g/mol. The quantitative estimate of drug-likeness (QED) is 0.692. The molecular weight excluding hydrogens is 271 g/mol. The fourth-order valence-corrected chi connectivity index (χ4v) is 1.79. The Labute approximate surface area is 121 Å². The predicted octanol–water partition coefficient (Wildman–Crippen LogP) is 2.11. The second-order valence-corrected chi connectivity index (χ2v) is 4.45. The minimum Gasteiger partial charge on any atom is -0.339 e. The molecule has 0 aliphatic heterocycles. The normalized spacial score (nSPS) is 10.6. The molecule has 0 saturated carbocycles. The zero-order chi connectivity index (χ0) is 15.4. The summed E-state index contributed by atoms with van der Waals surface area (Å²) in [5.41, 5.74) is 4.80. The number of nitriles is 1. The number of hydrogen-bond donors (Lipinski definition) is 1. The molecule has 1 heterocycles. The zero-order valence-corrected chi connectivity index (χ0v) is 11.6.